The summed E-state index contributed by atoms with van der Waals surface area (Å²) in [6.45, 7) is 2.54. The van der Waals surface area contributed by atoms with Gasteiger partial charge in [0.15, 0.2) is 5.96 Å². The van der Waals surface area contributed by atoms with Crippen LogP contribution in [0.3, 0.4) is 0 Å². The zero-order valence-corrected chi connectivity index (χ0v) is 18.0. The van der Waals surface area contributed by atoms with Gasteiger partial charge in [-0.25, -0.2) is 4.98 Å². The lowest BCUT2D eigenvalue weighted by atomic mass is 9.84. The van der Waals surface area contributed by atoms with E-state index in [9.17, 15) is 18.3 Å². The van der Waals surface area contributed by atoms with Gasteiger partial charge in [-0.05, 0) is 25.0 Å². The van der Waals surface area contributed by atoms with Crippen LogP contribution in [-0.4, -0.2) is 62.6 Å². The highest BCUT2D eigenvalue weighted by Gasteiger charge is 2.35. The molecule has 0 amide bonds. The van der Waals surface area contributed by atoms with E-state index in [2.05, 4.69) is 25.9 Å². The fourth-order valence-corrected chi connectivity index (χ4v) is 2.94. The predicted molar refractivity (Wildman–Crippen MR) is 112 cm³/mol. The highest BCUT2D eigenvalue weighted by atomic mass is 127. The Morgan fingerprint density at radius 2 is 2.14 bits per heavy atom. The van der Waals surface area contributed by atoms with Crippen LogP contribution in [0.15, 0.2) is 23.3 Å². The van der Waals surface area contributed by atoms with Crippen LogP contribution in [0.4, 0.5) is 19.0 Å². The molecular weight excluding hydrogens is 490 g/mol. The van der Waals surface area contributed by atoms with E-state index in [0.717, 1.165) is 12.5 Å². The van der Waals surface area contributed by atoms with E-state index in [1.807, 2.05) is 0 Å². The van der Waals surface area contributed by atoms with Gasteiger partial charge in [-0.1, -0.05) is 0 Å². The summed E-state index contributed by atoms with van der Waals surface area (Å²) in [6, 6.07) is 2.25. The first-order valence-electron chi connectivity index (χ1n) is 8.79. The summed E-state index contributed by atoms with van der Waals surface area (Å²) in [7, 11) is 1.62. The maximum absolute atomic E-state index is 12.9. The molecule has 11 heteroatoms. The Morgan fingerprint density at radius 3 is 2.75 bits per heavy atom. The topological polar surface area (TPSA) is 90.8 Å². The Kier molecular flexibility index (Phi) is 10.2. The lowest BCUT2D eigenvalue weighted by Gasteiger charge is -2.27. The molecular formula is C17H27F3IN5O2. The molecule has 2 heterocycles. The number of aliphatic hydroxyl groups excluding tert-OH is 1. The third-order valence-electron chi connectivity index (χ3n) is 4.50. The quantitative estimate of drug-likeness (QED) is 0.183. The second-order valence-electron chi connectivity index (χ2n) is 6.45. The first-order chi connectivity index (χ1) is 12.9. The van der Waals surface area contributed by atoms with Gasteiger partial charge in [-0.3, -0.25) is 4.99 Å². The number of anilines is 1. The molecule has 2 rings (SSSR count). The number of halogens is 4. The van der Waals surface area contributed by atoms with Crippen molar-refractivity contribution in [2.45, 2.75) is 19.0 Å². The van der Waals surface area contributed by atoms with Gasteiger partial charge >= 0.3 is 6.18 Å². The fraction of sp³-hybridized carbons (Fsp3) is 0.647. The van der Waals surface area contributed by atoms with E-state index in [-0.39, 0.29) is 48.4 Å². The largest absolute Gasteiger partial charge is 0.419 e. The fourth-order valence-electron chi connectivity index (χ4n) is 2.94. The number of nitrogens with one attached hydrogen (secondary N) is 3. The summed E-state index contributed by atoms with van der Waals surface area (Å²) >= 11 is 0. The summed E-state index contributed by atoms with van der Waals surface area (Å²) in [5, 5.41) is 18.2. The molecule has 1 aromatic rings. The Labute approximate surface area is 179 Å². The van der Waals surface area contributed by atoms with E-state index >= 15 is 0 Å². The van der Waals surface area contributed by atoms with Crippen molar-refractivity contribution in [3.05, 3.63) is 23.9 Å². The Hall–Kier alpha value is -1.34. The summed E-state index contributed by atoms with van der Waals surface area (Å²) in [4.78, 5) is 7.87. The normalized spacial score (nSPS) is 19.8. The zero-order valence-electron chi connectivity index (χ0n) is 15.7. The average molecular weight is 517 g/mol. The molecule has 7 nitrogen and oxygen atoms in total. The molecule has 0 radical (unpaired) electrons. The van der Waals surface area contributed by atoms with Gasteiger partial charge in [0, 0.05) is 51.5 Å². The average Bonchev–Trinajstić information content (AvgIpc) is 3.10. The number of aliphatic imine (C=N–C) groups is 1. The second-order valence-corrected chi connectivity index (χ2v) is 6.45. The van der Waals surface area contributed by atoms with E-state index in [0.29, 0.717) is 38.7 Å². The number of hydrogen-bond acceptors (Lipinski definition) is 5. The molecule has 1 aliphatic rings. The number of guanidine groups is 1. The van der Waals surface area contributed by atoms with Gasteiger partial charge in [-0.15, -0.1) is 24.0 Å². The highest BCUT2D eigenvalue weighted by molar-refractivity contribution is 14.0. The van der Waals surface area contributed by atoms with Crippen LogP contribution in [0, 0.1) is 5.41 Å². The van der Waals surface area contributed by atoms with Crippen molar-refractivity contribution < 1.29 is 23.0 Å². The van der Waals surface area contributed by atoms with Crippen LogP contribution in [0.2, 0.25) is 0 Å². The van der Waals surface area contributed by atoms with Crippen molar-refractivity contribution in [2.75, 3.05) is 51.8 Å². The van der Waals surface area contributed by atoms with Crippen LogP contribution in [0.25, 0.3) is 0 Å². The van der Waals surface area contributed by atoms with Gasteiger partial charge in [0.05, 0.1) is 12.2 Å². The zero-order chi connectivity index (χ0) is 19.8. The van der Waals surface area contributed by atoms with E-state index in [1.165, 1.54) is 12.3 Å². The molecule has 28 heavy (non-hydrogen) atoms. The summed E-state index contributed by atoms with van der Waals surface area (Å²) < 4.78 is 44.2. The summed E-state index contributed by atoms with van der Waals surface area (Å²) in [5.74, 6) is 0.345. The smallest absolute Gasteiger partial charge is 0.396 e. The third-order valence-corrected chi connectivity index (χ3v) is 4.50. The first-order valence-corrected chi connectivity index (χ1v) is 8.79. The van der Waals surface area contributed by atoms with Crippen molar-refractivity contribution in [2.24, 2.45) is 10.4 Å². The van der Waals surface area contributed by atoms with E-state index < -0.39 is 11.7 Å². The molecule has 1 unspecified atom stereocenters. The summed E-state index contributed by atoms with van der Waals surface area (Å²) in [6.07, 6.45) is -1.64. The van der Waals surface area contributed by atoms with E-state index in [4.69, 9.17) is 4.74 Å². The molecule has 1 aromatic heterocycles. The molecule has 1 atom stereocenters. The van der Waals surface area contributed by atoms with Gasteiger partial charge in [0.2, 0.25) is 0 Å². The molecule has 0 bridgehead atoms. The lowest BCUT2D eigenvalue weighted by molar-refractivity contribution is -0.137. The van der Waals surface area contributed by atoms with Crippen LogP contribution in [0.1, 0.15) is 18.4 Å². The molecule has 0 aliphatic carbocycles. The number of hydrogen-bond donors (Lipinski definition) is 4. The van der Waals surface area contributed by atoms with Gasteiger partial charge in [0.1, 0.15) is 5.82 Å². The number of aromatic nitrogens is 1. The monoisotopic (exact) mass is 517 g/mol. The maximum atomic E-state index is 12.9. The summed E-state index contributed by atoms with van der Waals surface area (Å²) in [5.41, 5.74) is -0.917. The Morgan fingerprint density at radius 1 is 1.36 bits per heavy atom. The van der Waals surface area contributed by atoms with E-state index in [1.54, 1.807) is 7.05 Å². The van der Waals surface area contributed by atoms with Crippen LogP contribution < -0.4 is 16.0 Å². The number of pyridine rings is 1. The second kappa shape index (κ2) is 11.6. The Bertz CT molecular complexity index is 625. The van der Waals surface area contributed by atoms with Crippen molar-refractivity contribution in [1.29, 1.82) is 0 Å². The van der Waals surface area contributed by atoms with Gasteiger partial charge < -0.3 is 25.8 Å². The minimum Gasteiger partial charge on any atom is -0.396 e. The third kappa shape index (κ3) is 7.24. The van der Waals surface area contributed by atoms with Gasteiger partial charge in [0.25, 0.3) is 0 Å². The highest BCUT2D eigenvalue weighted by Crippen LogP contribution is 2.33. The predicted octanol–water partition coefficient (Wildman–Crippen LogP) is 2.08. The van der Waals surface area contributed by atoms with Gasteiger partial charge in [-0.2, -0.15) is 13.2 Å². The van der Waals surface area contributed by atoms with Crippen molar-refractivity contribution in [3.63, 3.8) is 0 Å². The molecule has 160 valence electrons. The number of rotatable bonds is 8. The number of ether oxygens (including phenoxy) is 1. The first kappa shape index (κ1) is 24.7. The molecule has 0 spiro atoms. The number of alkyl halides is 3. The van der Waals surface area contributed by atoms with Crippen LogP contribution in [-0.2, 0) is 10.9 Å². The SMILES string of the molecule is CN=C(NCCNc1ncccc1C(F)(F)F)NCC1(CCO)CCOC1.I. The van der Waals surface area contributed by atoms with Crippen LogP contribution in [0.5, 0.6) is 0 Å². The standard InChI is InChI=1S/C17H26F3N5O2.HI/c1-21-15(25-11-16(4-9-26)5-10-27-12-16)24-8-7-23-14-13(17(18,19)20)3-2-6-22-14;/h2-3,6,26H,4-5,7-12H2,1H3,(H,22,23)(H2,21,24,25);1H. The van der Waals surface area contributed by atoms with Crippen LogP contribution >= 0.6 is 24.0 Å². The molecule has 4 N–H and O–H groups in total. The van der Waals surface area contributed by atoms with Crippen molar-refractivity contribution in [3.8, 4) is 0 Å². The molecule has 0 saturated carbocycles. The maximum Gasteiger partial charge on any atom is 0.419 e. The minimum absolute atomic E-state index is 0. The molecule has 1 aliphatic heterocycles. The van der Waals surface area contributed by atoms with Crippen molar-refractivity contribution >= 4 is 35.8 Å². The number of nitrogens with zero attached hydrogens (tertiary/aromatic N) is 2. The number of aliphatic hydroxyl groups is 1. The minimum atomic E-state index is -4.45. The lowest BCUT2D eigenvalue weighted by Crippen LogP contribution is -2.45. The molecule has 1 fully saturated rings. The molecule has 1 saturated heterocycles. The van der Waals surface area contributed by atoms with Crippen molar-refractivity contribution in [1.82, 2.24) is 15.6 Å². The molecule has 0 aromatic carbocycles. The Balaban J connectivity index is 0.00000392.